The van der Waals surface area contributed by atoms with E-state index in [1.807, 2.05) is 48.5 Å². The molecule has 0 heterocycles. The topological polar surface area (TPSA) is 49.0 Å². The van der Waals surface area contributed by atoms with E-state index in [-0.39, 0.29) is 0 Å². The molecule has 0 aliphatic heterocycles. The van der Waals surface area contributed by atoms with Gasteiger partial charge in [-0.15, -0.1) is 0 Å². The molecule has 0 atom stereocenters. The zero-order valence-corrected chi connectivity index (χ0v) is 12.2. The number of rotatable bonds is 8. The van der Waals surface area contributed by atoms with Crippen molar-refractivity contribution < 1.29 is 19.1 Å². The molecule has 0 aliphatic carbocycles. The van der Waals surface area contributed by atoms with E-state index in [9.17, 15) is 0 Å². The van der Waals surface area contributed by atoms with Gasteiger partial charge in [-0.1, -0.05) is 29.9 Å². The van der Waals surface area contributed by atoms with Crippen LogP contribution in [-0.2, 0) is 22.9 Å². The van der Waals surface area contributed by atoms with Gasteiger partial charge in [0.15, 0.2) is 0 Å². The number of hydrogen-bond donors (Lipinski definition) is 1. The Hall–Kier alpha value is -2.08. The Bertz CT molecular complexity index is 475. The highest BCUT2D eigenvalue weighted by Crippen LogP contribution is 2.12. The van der Waals surface area contributed by atoms with Crippen LogP contribution in [0.2, 0.25) is 0 Å². The van der Waals surface area contributed by atoms with Gasteiger partial charge in [0.2, 0.25) is 0 Å². The van der Waals surface area contributed by atoms with E-state index in [0.29, 0.717) is 13.2 Å². The molecule has 0 saturated carbocycles. The van der Waals surface area contributed by atoms with Crippen LogP contribution in [0.1, 0.15) is 11.1 Å². The van der Waals surface area contributed by atoms with E-state index >= 15 is 0 Å². The van der Waals surface area contributed by atoms with Crippen LogP contribution in [0.5, 0.6) is 11.5 Å². The van der Waals surface area contributed by atoms with Gasteiger partial charge in [0.25, 0.3) is 0 Å². The average Bonchev–Trinajstić information content (AvgIpc) is 2.55. The summed E-state index contributed by atoms with van der Waals surface area (Å²) in [6.45, 7) is 0.819. The normalized spacial score (nSPS) is 10.4. The fraction of sp³-hybridized carbons (Fsp3) is 0.250. The Morgan fingerprint density at radius 3 is 1.38 bits per heavy atom. The SMILES string of the molecule is COc1ccc(CONOCc2ccc(OC)cc2)cc1. The van der Waals surface area contributed by atoms with Crippen LogP contribution in [0.15, 0.2) is 48.5 Å². The second kappa shape index (κ2) is 8.26. The van der Waals surface area contributed by atoms with Crippen molar-refractivity contribution >= 4 is 0 Å². The van der Waals surface area contributed by atoms with Crippen molar-refractivity contribution in [3.05, 3.63) is 59.7 Å². The predicted molar refractivity (Wildman–Crippen MR) is 78.7 cm³/mol. The molecule has 0 saturated heterocycles. The van der Waals surface area contributed by atoms with Crippen molar-refractivity contribution in [3.63, 3.8) is 0 Å². The molecule has 2 aromatic rings. The molecule has 2 rings (SSSR count). The quantitative estimate of drug-likeness (QED) is 0.598. The van der Waals surface area contributed by atoms with Gasteiger partial charge in [0.1, 0.15) is 11.5 Å². The highest BCUT2D eigenvalue weighted by atomic mass is 16.9. The van der Waals surface area contributed by atoms with E-state index < -0.39 is 0 Å². The number of ether oxygens (including phenoxy) is 2. The molecule has 112 valence electrons. The molecule has 21 heavy (non-hydrogen) atoms. The van der Waals surface area contributed by atoms with Crippen molar-refractivity contribution in [1.82, 2.24) is 5.64 Å². The van der Waals surface area contributed by atoms with Crippen LogP contribution in [0, 0.1) is 0 Å². The zero-order chi connectivity index (χ0) is 14.9. The van der Waals surface area contributed by atoms with Gasteiger partial charge in [0, 0.05) is 0 Å². The van der Waals surface area contributed by atoms with Crippen LogP contribution in [0.3, 0.4) is 0 Å². The van der Waals surface area contributed by atoms with E-state index in [1.165, 1.54) is 0 Å². The summed E-state index contributed by atoms with van der Waals surface area (Å²) >= 11 is 0. The highest BCUT2D eigenvalue weighted by molar-refractivity contribution is 5.27. The Morgan fingerprint density at radius 1 is 0.667 bits per heavy atom. The summed E-state index contributed by atoms with van der Waals surface area (Å²) in [7, 11) is 3.28. The van der Waals surface area contributed by atoms with Gasteiger partial charge in [-0.05, 0) is 35.4 Å². The predicted octanol–water partition coefficient (Wildman–Crippen LogP) is 2.86. The molecule has 1 N–H and O–H groups in total. The smallest absolute Gasteiger partial charge is 0.118 e. The lowest BCUT2D eigenvalue weighted by Crippen LogP contribution is -2.15. The molecule has 0 spiro atoms. The largest absolute Gasteiger partial charge is 0.497 e. The minimum Gasteiger partial charge on any atom is -0.497 e. The molecule has 5 heteroatoms. The lowest BCUT2D eigenvalue weighted by molar-refractivity contribution is -0.184. The summed E-state index contributed by atoms with van der Waals surface area (Å²) < 4.78 is 10.2. The van der Waals surface area contributed by atoms with Crippen molar-refractivity contribution in [2.24, 2.45) is 0 Å². The summed E-state index contributed by atoms with van der Waals surface area (Å²) in [6.07, 6.45) is 0. The van der Waals surface area contributed by atoms with Gasteiger partial charge in [0.05, 0.1) is 27.4 Å². The van der Waals surface area contributed by atoms with Crippen LogP contribution < -0.4 is 15.1 Å². The molecule has 0 fully saturated rings. The summed E-state index contributed by atoms with van der Waals surface area (Å²) in [5.74, 6) is 1.64. The van der Waals surface area contributed by atoms with Gasteiger partial charge < -0.3 is 9.47 Å². The third kappa shape index (κ3) is 5.07. The fourth-order valence-corrected chi connectivity index (χ4v) is 1.71. The Labute approximate surface area is 124 Å². The molecule has 0 aromatic heterocycles. The van der Waals surface area contributed by atoms with Crippen LogP contribution in [0.4, 0.5) is 0 Å². The first kappa shape index (κ1) is 15.3. The third-order valence-corrected chi connectivity index (χ3v) is 2.91. The summed E-state index contributed by atoms with van der Waals surface area (Å²) in [5, 5.41) is 0. The fourth-order valence-electron chi connectivity index (χ4n) is 1.71. The van der Waals surface area contributed by atoms with Gasteiger partial charge in [-0.2, -0.15) is 0 Å². The van der Waals surface area contributed by atoms with E-state index in [4.69, 9.17) is 19.1 Å². The van der Waals surface area contributed by atoms with E-state index in [2.05, 4.69) is 5.64 Å². The van der Waals surface area contributed by atoms with Gasteiger partial charge >= 0.3 is 0 Å². The first-order valence-electron chi connectivity index (χ1n) is 6.56. The summed E-state index contributed by atoms with van der Waals surface area (Å²) in [5.41, 5.74) is 4.53. The van der Waals surface area contributed by atoms with Crippen LogP contribution >= 0.6 is 0 Å². The monoisotopic (exact) mass is 289 g/mol. The second-order valence-electron chi connectivity index (χ2n) is 4.36. The molecule has 0 aliphatic rings. The molecule has 5 nitrogen and oxygen atoms in total. The van der Waals surface area contributed by atoms with Gasteiger partial charge in [-0.3, -0.25) is 9.68 Å². The maximum atomic E-state index is 5.22. The highest BCUT2D eigenvalue weighted by Gasteiger charge is 1.97. The number of benzene rings is 2. The number of methoxy groups -OCH3 is 2. The standard InChI is InChI=1S/C16H19NO4/c1-18-15-7-3-13(4-8-15)11-20-17-21-12-14-5-9-16(19-2)10-6-14/h3-10,17H,11-12H2,1-2H3. The van der Waals surface area contributed by atoms with Crippen molar-refractivity contribution in [1.29, 1.82) is 0 Å². The van der Waals surface area contributed by atoms with Crippen molar-refractivity contribution in [2.45, 2.75) is 13.2 Å². The molecule has 0 amide bonds. The zero-order valence-electron chi connectivity index (χ0n) is 12.2. The molecule has 2 aromatic carbocycles. The molecular weight excluding hydrogens is 270 g/mol. The van der Waals surface area contributed by atoms with E-state index in [1.54, 1.807) is 14.2 Å². The minimum absolute atomic E-state index is 0.409. The molecule has 0 radical (unpaired) electrons. The van der Waals surface area contributed by atoms with Crippen molar-refractivity contribution in [2.75, 3.05) is 14.2 Å². The lowest BCUT2D eigenvalue weighted by Gasteiger charge is -2.07. The average molecular weight is 289 g/mol. The number of nitrogens with one attached hydrogen (secondary N) is 1. The molecular formula is C16H19NO4. The lowest BCUT2D eigenvalue weighted by atomic mass is 10.2. The number of hydrogen-bond acceptors (Lipinski definition) is 5. The van der Waals surface area contributed by atoms with Crippen LogP contribution in [0.25, 0.3) is 0 Å². The Kier molecular flexibility index (Phi) is 6.02. The summed E-state index contributed by atoms with van der Waals surface area (Å²) in [6, 6.07) is 15.3. The maximum absolute atomic E-state index is 5.22. The minimum atomic E-state index is 0.409. The molecule has 0 unspecified atom stereocenters. The maximum Gasteiger partial charge on any atom is 0.118 e. The Morgan fingerprint density at radius 2 is 1.05 bits per heavy atom. The van der Waals surface area contributed by atoms with Crippen LogP contribution in [-0.4, -0.2) is 14.2 Å². The van der Waals surface area contributed by atoms with Gasteiger partial charge in [-0.25, -0.2) is 0 Å². The van der Waals surface area contributed by atoms with Crippen molar-refractivity contribution in [3.8, 4) is 11.5 Å². The molecule has 0 bridgehead atoms. The third-order valence-electron chi connectivity index (χ3n) is 2.91. The first-order valence-corrected chi connectivity index (χ1v) is 6.56. The second-order valence-corrected chi connectivity index (χ2v) is 4.36. The Balaban J connectivity index is 1.64. The summed E-state index contributed by atoms with van der Waals surface area (Å²) in [4.78, 5) is 10.4. The first-order chi connectivity index (χ1) is 10.3. The van der Waals surface area contributed by atoms with E-state index in [0.717, 1.165) is 22.6 Å².